The second kappa shape index (κ2) is 8.68. The van der Waals surface area contributed by atoms with Crippen LogP contribution in [0.25, 0.3) is 0 Å². The van der Waals surface area contributed by atoms with Crippen LogP contribution in [0.1, 0.15) is 29.5 Å². The molecule has 1 aliphatic rings. The summed E-state index contributed by atoms with van der Waals surface area (Å²) >= 11 is 0. The number of aryl methyl sites for hydroxylation is 1. The molecule has 1 atom stereocenters. The Morgan fingerprint density at radius 2 is 1.81 bits per heavy atom. The molecule has 1 aliphatic heterocycles. The van der Waals surface area contributed by atoms with Gasteiger partial charge in [-0.15, -0.1) is 0 Å². The van der Waals surface area contributed by atoms with Crippen molar-refractivity contribution in [2.75, 3.05) is 26.7 Å². The van der Waals surface area contributed by atoms with Crippen LogP contribution in [0.15, 0.2) is 54.6 Å². The topological polar surface area (TPSA) is 43.8 Å². The lowest BCUT2D eigenvalue weighted by molar-refractivity contribution is -0.159. The first-order chi connectivity index (χ1) is 13.0. The van der Waals surface area contributed by atoms with E-state index in [1.807, 2.05) is 42.3 Å². The van der Waals surface area contributed by atoms with Crippen LogP contribution in [-0.2, 0) is 17.8 Å². The summed E-state index contributed by atoms with van der Waals surface area (Å²) in [6.07, 6.45) is 2.20. The van der Waals surface area contributed by atoms with E-state index in [1.165, 1.54) is 16.7 Å². The number of carbonyl (C=O) groups is 1. The van der Waals surface area contributed by atoms with E-state index in [2.05, 4.69) is 36.1 Å². The molecule has 0 saturated carbocycles. The zero-order valence-corrected chi connectivity index (χ0v) is 16.4. The third-order valence-electron chi connectivity index (χ3n) is 5.45. The van der Waals surface area contributed by atoms with Gasteiger partial charge in [0.15, 0.2) is 5.60 Å². The minimum Gasteiger partial charge on any atom is -0.379 e. The number of amides is 1. The number of likely N-dealkylation sites (N-methyl/N-ethyl adjacent to an activating group) is 1. The Morgan fingerprint density at radius 3 is 2.56 bits per heavy atom. The van der Waals surface area contributed by atoms with E-state index in [9.17, 15) is 9.90 Å². The highest BCUT2D eigenvalue weighted by molar-refractivity contribution is 5.86. The highest BCUT2D eigenvalue weighted by Gasteiger charge is 2.42. The summed E-state index contributed by atoms with van der Waals surface area (Å²) in [6, 6.07) is 18.4. The Morgan fingerprint density at radius 1 is 1.11 bits per heavy atom. The van der Waals surface area contributed by atoms with Crippen LogP contribution in [0.3, 0.4) is 0 Å². The summed E-state index contributed by atoms with van der Waals surface area (Å²) in [7, 11) is 1.97. The molecule has 1 saturated heterocycles. The summed E-state index contributed by atoms with van der Waals surface area (Å²) in [4.78, 5) is 16.9. The van der Waals surface area contributed by atoms with E-state index in [-0.39, 0.29) is 5.91 Å². The van der Waals surface area contributed by atoms with Gasteiger partial charge in [0.25, 0.3) is 5.91 Å². The smallest absolute Gasteiger partial charge is 0.255 e. The molecular weight excluding hydrogens is 336 g/mol. The molecular formula is C23H30N2O2. The Hall–Kier alpha value is -2.17. The van der Waals surface area contributed by atoms with Gasteiger partial charge >= 0.3 is 0 Å². The van der Waals surface area contributed by atoms with Crippen molar-refractivity contribution in [1.29, 1.82) is 0 Å². The maximum Gasteiger partial charge on any atom is 0.255 e. The summed E-state index contributed by atoms with van der Waals surface area (Å²) in [6.45, 7) is 4.57. The number of nitrogens with zero attached hydrogens (tertiary/aromatic N) is 2. The van der Waals surface area contributed by atoms with Crippen molar-refractivity contribution < 1.29 is 9.90 Å². The molecule has 144 valence electrons. The van der Waals surface area contributed by atoms with Gasteiger partial charge in [0.1, 0.15) is 0 Å². The van der Waals surface area contributed by atoms with Crippen molar-refractivity contribution in [3.63, 3.8) is 0 Å². The minimum atomic E-state index is -1.29. The van der Waals surface area contributed by atoms with Gasteiger partial charge in [0.2, 0.25) is 0 Å². The highest BCUT2D eigenvalue weighted by atomic mass is 16.3. The summed E-state index contributed by atoms with van der Waals surface area (Å²) in [5.74, 6) is -0.124. The van der Waals surface area contributed by atoms with Crippen molar-refractivity contribution in [2.45, 2.75) is 38.3 Å². The SMILES string of the molecule is Cc1ccccc1CN(C)C[C@]1(O)CCCN(CCc2ccccc2)C1=O. The molecule has 27 heavy (non-hydrogen) atoms. The van der Waals surface area contributed by atoms with E-state index in [4.69, 9.17) is 0 Å². The predicted octanol–water partition coefficient (Wildman–Crippen LogP) is 3.02. The summed E-state index contributed by atoms with van der Waals surface area (Å²) in [5, 5.41) is 11.1. The summed E-state index contributed by atoms with van der Waals surface area (Å²) in [5.41, 5.74) is 2.39. The molecule has 0 spiro atoms. The van der Waals surface area contributed by atoms with Gasteiger partial charge in [-0.3, -0.25) is 9.69 Å². The lowest BCUT2D eigenvalue weighted by Crippen LogP contribution is -2.58. The third-order valence-corrected chi connectivity index (χ3v) is 5.45. The van der Waals surface area contributed by atoms with Crippen molar-refractivity contribution >= 4 is 5.91 Å². The zero-order chi connectivity index (χ0) is 19.3. The molecule has 1 fully saturated rings. The van der Waals surface area contributed by atoms with E-state index < -0.39 is 5.60 Å². The average molecular weight is 367 g/mol. The van der Waals surface area contributed by atoms with Gasteiger partial charge in [-0.2, -0.15) is 0 Å². The average Bonchev–Trinajstić information content (AvgIpc) is 2.66. The maximum atomic E-state index is 13.0. The fraction of sp³-hybridized carbons (Fsp3) is 0.435. The molecule has 0 unspecified atom stereocenters. The molecule has 4 nitrogen and oxygen atoms in total. The number of hydrogen-bond donors (Lipinski definition) is 1. The van der Waals surface area contributed by atoms with Gasteiger partial charge in [-0.1, -0.05) is 54.6 Å². The zero-order valence-electron chi connectivity index (χ0n) is 16.4. The monoisotopic (exact) mass is 366 g/mol. The van der Waals surface area contributed by atoms with Gasteiger partial charge in [0, 0.05) is 26.2 Å². The summed E-state index contributed by atoms with van der Waals surface area (Å²) < 4.78 is 0. The number of hydrogen-bond acceptors (Lipinski definition) is 3. The highest BCUT2D eigenvalue weighted by Crippen LogP contribution is 2.25. The van der Waals surface area contributed by atoms with E-state index in [0.717, 1.165) is 25.9 Å². The van der Waals surface area contributed by atoms with Crippen molar-refractivity contribution in [2.24, 2.45) is 0 Å². The number of likely N-dealkylation sites (tertiary alicyclic amines) is 1. The van der Waals surface area contributed by atoms with E-state index in [0.29, 0.717) is 19.5 Å². The van der Waals surface area contributed by atoms with Gasteiger partial charge in [-0.05, 0) is 49.9 Å². The Bertz CT molecular complexity index is 762. The standard InChI is InChI=1S/C23H30N2O2/c1-19-9-6-7-12-21(19)17-24(2)18-23(27)14-8-15-25(22(23)26)16-13-20-10-4-3-5-11-20/h3-7,9-12,27H,8,13-18H2,1-2H3/t23-/m1/s1. The van der Waals surface area contributed by atoms with Crippen LogP contribution >= 0.6 is 0 Å². The van der Waals surface area contributed by atoms with Crippen molar-refractivity contribution in [3.05, 3.63) is 71.3 Å². The number of benzene rings is 2. The van der Waals surface area contributed by atoms with Crippen LogP contribution in [0.5, 0.6) is 0 Å². The fourth-order valence-corrected chi connectivity index (χ4v) is 3.91. The number of aliphatic hydroxyl groups is 1. The third kappa shape index (κ3) is 4.96. The molecule has 2 aromatic rings. The first-order valence-corrected chi connectivity index (χ1v) is 9.77. The fourth-order valence-electron chi connectivity index (χ4n) is 3.91. The molecule has 0 aliphatic carbocycles. The van der Waals surface area contributed by atoms with Gasteiger partial charge in [0.05, 0.1) is 0 Å². The lowest BCUT2D eigenvalue weighted by atomic mass is 9.90. The van der Waals surface area contributed by atoms with Crippen LogP contribution in [0.2, 0.25) is 0 Å². The molecule has 2 aromatic carbocycles. The normalized spacial score (nSPS) is 20.3. The Labute approximate surface area is 162 Å². The van der Waals surface area contributed by atoms with Crippen LogP contribution < -0.4 is 0 Å². The van der Waals surface area contributed by atoms with Gasteiger partial charge in [-0.25, -0.2) is 0 Å². The second-order valence-electron chi connectivity index (χ2n) is 7.76. The lowest BCUT2D eigenvalue weighted by Gasteiger charge is -2.40. The van der Waals surface area contributed by atoms with Gasteiger partial charge < -0.3 is 10.0 Å². The maximum absolute atomic E-state index is 13.0. The largest absolute Gasteiger partial charge is 0.379 e. The predicted molar refractivity (Wildman–Crippen MR) is 108 cm³/mol. The van der Waals surface area contributed by atoms with Crippen molar-refractivity contribution in [1.82, 2.24) is 9.80 Å². The quantitative estimate of drug-likeness (QED) is 0.819. The molecule has 1 amide bonds. The molecule has 0 aromatic heterocycles. The number of rotatable bonds is 7. The molecule has 0 bridgehead atoms. The van der Waals surface area contributed by atoms with Crippen LogP contribution in [0, 0.1) is 6.92 Å². The van der Waals surface area contributed by atoms with E-state index in [1.54, 1.807) is 0 Å². The number of carbonyl (C=O) groups excluding carboxylic acids is 1. The second-order valence-corrected chi connectivity index (χ2v) is 7.76. The molecule has 4 heteroatoms. The Kier molecular flexibility index (Phi) is 6.30. The number of piperidine rings is 1. The van der Waals surface area contributed by atoms with E-state index >= 15 is 0 Å². The first-order valence-electron chi connectivity index (χ1n) is 9.77. The molecule has 3 rings (SSSR count). The van der Waals surface area contributed by atoms with Crippen LogP contribution in [0.4, 0.5) is 0 Å². The minimum absolute atomic E-state index is 0.124. The molecule has 1 heterocycles. The molecule has 0 radical (unpaired) electrons. The van der Waals surface area contributed by atoms with Crippen molar-refractivity contribution in [3.8, 4) is 0 Å². The Balaban J connectivity index is 1.60. The van der Waals surface area contributed by atoms with Crippen LogP contribution in [-0.4, -0.2) is 53.1 Å². The molecule has 1 N–H and O–H groups in total. The first kappa shape index (κ1) is 19.6.